The Bertz CT molecular complexity index is 1240. The van der Waals surface area contributed by atoms with Crippen molar-refractivity contribution in [2.24, 2.45) is 16.0 Å². The van der Waals surface area contributed by atoms with Crippen LogP contribution in [0.15, 0.2) is 58.8 Å². The molecule has 0 saturated carbocycles. The third kappa shape index (κ3) is 3.71. The molecule has 8 N–H and O–H groups in total. The van der Waals surface area contributed by atoms with E-state index in [0.29, 0.717) is 34.1 Å². The predicted octanol–water partition coefficient (Wildman–Crippen LogP) is 3.61. The number of ether oxygens (including phenoxy) is 1. The summed E-state index contributed by atoms with van der Waals surface area (Å²) in [7, 11) is 0. The number of anilines is 3. The molecule has 0 bridgehead atoms. The minimum atomic E-state index is 0.213. The van der Waals surface area contributed by atoms with Gasteiger partial charge < -0.3 is 27.7 Å². The van der Waals surface area contributed by atoms with Crippen molar-refractivity contribution >= 4 is 50.5 Å². The summed E-state index contributed by atoms with van der Waals surface area (Å²) >= 11 is 0. The van der Waals surface area contributed by atoms with E-state index in [1.807, 2.05) is 18.2 Å². The van der Waals surface area contributed by atoms with Crippen molar-refractivity contribution in [3.63, 3.8) is 0 Å². The zero-order valence-corrected chi connectivity index (χ0v) is 15.3. The van der Waals surface area contributed by atoms with E-state index in [2.05, 4.69) is 20.2 Å². The Morgan fingerprint density at radius 1 is 0.828 bits per heavy atom. The van der Waals surface area contributed by atoms with Crippen LogP contribution in [0.5, 0.6) is 5.75 Å². The summed E-state index contributed by atoms with van der Waals surface area (Å²) in [4.78, 5) is 8.63. The van der Waals surface area contributed by atoms with Crippen molar-refractivity contribution in [1.29, 1.82) is 0 Å². The van der Waals surface area contributed by atoms with Gasteiger partial charge in [-0.25, -0.2) is 9.97 Å². The summed E-state index contributed by atoms with van der Waals surface area (Å²) in [6, 6.07) is 14.2. The number of aromatic nitrogens is 2. The van der Waals surface area contributed by atoms with E-state index in [-0.39, 0.29) is 5.82 Å². The fourth-order valence-electron chi connectivity index (χ4n) is 2.88. The molecule has 144 valence electrons. The number of nitrogen functional groups attached to an aromatic ring is 3. The van der Waals surface area contributed by atoms with Gasteiger partial charge in [0.2, 0.25) is 0 Å². The lowest BCUT2D eigenvalue weighted by Gasteiger charge is -2.09. The van der Waals surface area contributed by atoms with E-state index in [1.165, 1.54) is 13.2 Å². The number of hydrogen-bond donors (Lipinski definition) is 4. The van der Waals surface area contributed by atoms with E-state index in [9.17, 15) is 0 Å². The van der Waals surface area contributed by atoms with Crippen LogP contribution < -0.4 is 27.7 Å². The normalized spacial score (nSPS) is 11.5. The number of nitrogens with two attached hydrogens (primary N) is 4. The van der Waals surface area contributed by atoms with Gasteiger partial charge in [-0.05, 0) is 48.5 Å². The number of rotatable bonds is 5. The van der Waals surface area contributed by atoms with Crippen LogP contribution in [0.1, 0.15) is 0 Å². The maximum atomic E-state index is 6.37. The molecule has 0 amide bonds. The standard InChI is InChI=1S/C20H18N8O/c21-7-8-29-12-2-4-15-14(10-12)19(23)13-3-1-11(9-17(13)25-15)27-28-16-5-6-18(22)26-20(16)24/h1-10H,21H2,(H2,23,25)(H4,22,24,26). The number of benzene rings is 2. The number of pyridine rings is 2. The van der Waals surface area contributed by atoms with Crippen LogP contribution in [-0.2, 0) is 0 Å². The SMILES string of the molecule is N[CH][CH]Oc1ccc2nc3cc(N=Nc4ccc(N)nc4N)ccc3c(N)c2c1. The summed E-state index contributed by atoms with van der Waals surface area (Å²) in [5, 5.41) is 9.95. The lowest BCUT2D eigenvalue weighted by molar-refractivity contribution is 0.422. The van der Waals surface area contributed by atoms with Gasteiger partial charge in [0, 0.05) is 10.8 Å². The first-order valence-electron chi connectivity index (χ1n) is 8.65. The predicted molar refractivity (Wildman–Crippen MR) is 114 cm³/mol. The molecule has 0 aliphatic carbocycles. The van der Waals surface area contributed by atoms with Gasteiger partial charge in [-0.15, -0.1) is 5.11 Å². The molecule has 2 radical (unpaired) electrons. The minimum Gasteiger partial charge on any atom is -0.485 e. The second-order valence-electron chi connectivity index (χ2n) is 6.19. The zero-order valence-electron chi connectivity index (χ0n) is 15.3. The van der Waals surface area contributed by atoms with E-state index in [1.54, 1.807) is 30.3 Å². The summed E-state index contributed by atoms with van der Waals surface area (Å²) in [6.07, 6.45) is 0. The van der Waals surface area contributed by atoms with E-state index >= 15 is 0 Å². The molecular weight excluding hydrogens is 368 g/mol. The van der Waals surface area contributed by atoms with E-state index in [0.717, 1.165) is 16.3 Å². The smallest absolute Gasteiger partial charge is 0.154 e. The zero-order chi connectivity index (χ0) is 20.4. The summed E-state index contributed by atoms with van der Waals surface area (Å²) in [6.45, 7) is 2.71. The third-order valence-electron chi connectivity index (χ3n) is 4.25. The molecular formula is C20H18N8O. The molecule has 0 spiro atoms. The highest BCUT2D eigenvalue weighted by Crippen LogP contribution is 2.33. The highest BCUT2D eigenvalue weighted by Gasteiger charge is 2.09. The number of nitrogens with zero attached hydrogens (tertiary/aromatic N) is 4. The molecule has 29 heavy (non-hydrogen) atoms. The Kier molecular flexibility index (Phi) is 4.80. The van der Waals surface area contributed by atoms with Gasteiger partial charge >= 0.3 is 0 Å². The van der Waals surface area contributed by atoms with Gasteiger partial charge in [0.05, 0.1) is 29.0 Å². The van der Waals surface area contributed by atoms with Gasteiger partial charge in [0.1, 0.15) is 17.3 Å². The molecule has 2 heterocycles. The van der Waals surface area contributed by atoms with E-state index < -0.39 is 0 Å². The number of fused-ring (bicyclic) bond motifs is 2. The number of azo groups is 1. The third-order valence-corrected chi connectivity index (χ3v) is 4.25. The van der Waals surface area contributed by atoms with Crippen LogP contribution >= 0.6 is 0 Å². The summed E-state index contributed by atoms with van der Waals surface area (Å²) in [5.74, 6) is 1.16. The average molecular weight is 386 g/mol. The highest BCUT2D eigenvalue weighted by molar-refractivity contribution is 6.07. The van der Waals surface area contributed by atoms with Gasteiger partial charge in [-0.2, -0.15) is 5.11 Å². The van der Waals surface area contributed by atoms with Crippen LogP contribution in [-0.4, -0.2) is 9.97 Å². The van der Waals surface area contributed by atoms with Crippen LogP contribution in [0.25, 0.3) is 21.8 Å². The average Bonchev–Trinajstić information content (AvgIpc) is 2.72. The maximum Gasteiger partial charge on any atom is 0.154 e. The Labute approximate surface area is 166 Å². The first-order valence-corrected chi connectivity index (χ1v) is 8.65. The van der Waals surface area contributed by atoms with Gasteiger partial charge in [-0.3, -0.25) is 0 Å². The summed E-state index contributed by atoms with van der Waals surface area (Å²) in [5.41, 5.74) is 26.2. The molecule has 4 aromatic rings. The second-order valence-corrected chi connectivity index (χ2v) is 6.19. The summed E-state index contributed by atoms with van der Waals surface area (Å²) < 4.78 is 5.40. The van der Waals surface area contributed by atoms with Crippen molar-refractivity contribution in [3.05, 3.63) is 61.7 Å². The fourth-order valence-corrected chi connectivity index (χ4v) is 2.88. The quantitative estimate of drug-likeness (QED) is 0.300. The van der Waals surface area contributed by atoms with Crippen LogP contribution in [0.4, 0.5) is 28.7 Å². The van der Waals surface area contributed by atoms with Crippen molar-refractivity contribution in [2.45, 2.75) is 0 Å². The minimum absolute atomic E-state index is 0.213. The first-order chi connectivity index (χ1) is 14.0. The molecule has 2 aromatic carbocycles. The fraction of sp³-hybridized carbons (Fsp3) is 0. The molecule has 2 aromatic heterocycles. The van der Waals surface area contributed by atoms with Crippen LogP contribution in [0.2, 0.25) is 0 Å². The molecule has 0 atom stereocenters. The van der Waals surface area contributed by atoms with Crippen molar-refractivity contribution in [3.8, 4) is 5.75 Å². The molecule has 0 aliphatic rings. The molecule has 9 nitrogen and oxygen atoms in total. The van der Waals surface area contributed by atoms with Crippen molar-refractivity contribution in [2.75, 3.05) is 17.2 Å². The van der Waals surface area contributed by atoms with Crippen LogP contribution in [0.3, 0.4) is 0 Å². The Morgan fingerprint density at radius 2 is 1.69 bits per heavy atom. The lowest BCUT2D eigenvalue weighted by atomic mass is 10.1. The monoisotopic (exact) mass is 386 g/mol. The van der Waals surface area contributed by atoms with E-state index in [4.69, 9.17) is 27.7 Å². The van der Waals surface area contributed by atoms with Gasteiger partial charge in [0.25, 0.3) is 0 Å². The molecule has 0 aliphatic heterocycles. The first kappa shape index (κ1) is 18.4. The molecule has 9 heteroatoms. The second kappa shape index (κ2) is 7.56. The molecule has 0 saturated heterocycles. The molecule has 4 rings (SSSR count). The topological polar surface area (TPSA) is 164 Å². The highest BCUT2D eigenvalue weighted by atomic mass is 16.5. The van der Waals surface area contributed by atoms with Gasteiger partial charge in [-0.1, -0.05) is 0 Å². The van der Waals surface area contributed by atoms with Crippen molar-refractivity contribution < 1.29 is 4.74 Å². The van der Waals surface area contributed by atoms with Crippen LogP contribution in [0, 0.1) is 13.2 Å². The maximum absolute atomic E-state index is 6.37. The Morgan fingerprint density at radius 3 is 2.48 bits per heavy atom. The Balaban J connectivity index is 1.72. The number of hydrogen-bond acceptors (Lipinski definition) is 9. The van der Waals surface area contributed by atoms with Crippen molar-refractivity contribution in [1.82, 2.24) is 9.97 Å². The molecule has 0 unspecified atom stereocenters. The Hall–Kier alpha value is -3.98. The van der Waals surface area contributed by atoms with Gasteiger partial charge in [0.15, 0.2) is 12.4 Å². The molecule has 0 fully saturated rings. The lowest BCUT2D eigenvalue weighted by Crippen LogP contribution is -1.98. The largest absolute Gasteiger partial charge is 0.485 e.